The average molecular weight is 2320 g/mol. The quantitative estimate of drug-likeness (QED) is 0.0408. The predicted octanol–water partition coefficient (Wildman–Crippen LogP) is 42.9. The molecule has 0 heterocycles. The van der Waals surface area contributed by atoms with Crippen molar-refractivity contribution in [3.8, 4) is 0 Å². The molecule has 0 saturated heterocycles. The maximum absolute atomic E-state index is 5.77. The van der Waals surface area contributed by atoms with E-state index < -0.39 is 0 Å². The number of halogens is 16. The minimum atomic E-state index is 0. The second-order valence-corrected chi connectivity index (χ2v) is 33.6. The fraction of sp³-hybridized carbons (Fsp3) is 0. The van der Waals surface area contributed by atoms with Gasteiger partial charge >= 0.3 is 74.2 Å². The third kappa shape index (κ3) is 52.8. The van der Waals surface area contributed by atoms with Gasteiger partial charge in [-0.3, -0.25) is 0 Å². The van der Waals surface area contributed by atoms with Crippen LogP contribution in [0.4, 0.5) is 91.0 Å². The van der Waals surface area contributed by atoms with Crippen LogP contribution in [0.5, 0.6) is 0 Å². The van der Waals surface area contributed by atoms with Crippen molar-refractivity contribution >= 4 is 327 Å². The molecule has 0 unspecified atom stereocenters. The number of hydrogen-bond donors (Lipinski definition) is 0. The molecule has 0 aromatic heterocycles. The fourth-order valence-electron chi connectivity index (χ4n) is 9.73. The van der Waals surface area contributed by atoms with Crippen LogP contribution in [0.1, 0.15) is 0 Å². The SMILES string of the molecule is Clc1ccc(N=C[N-]c2ccc(Cl)cc2)cc1.Clc1ccc(N=C[N-]c2ccc(Cl)cc2)cc1.Clc1ccc(N=C[N-]c2ccc(Cl)cc2)cc1.Clc1ccc(N=C[N-]c2ccc(Cl)cc2)cc1.Clc1ccc(N=C[N-]c2ccc(Cl)cc2)cc1.Clc1ccc(N=C[N-]c2ccc(Cl)cc2)cc1.Clc1ccc(N=C[N-]c2ccc(Cl)cc2)cc1.Clc1ccc(N=C[N-]c2ccc(Cl)cc2)cc1.[V+2].[V+2].[V+2].[V+2]. The van der Waals surface area contributed by atoms with Crippen LogP contribution in [0.3, 0.4) is 0 Å². The summed E-state index contributed by atoms with van der Waals surface area (Å²) >= 11 is 92.3. The van der Waals surface area contributed by atoms with E-state index in [-0.39, 0.29) is 74.2 Å². The third-order valence-corrected chi connectivity index (χ3v) is 20.6. The van der Waals surface area contributed by atoms with Crippen LogP contribution in [0.15, 0.2) is 428 Å². The molecule has 140 heavy (non-hydrogen) atoms. The van der Waals surface area contributed by atoms with Gasteiger partial charge in [0.25, 0.3) is 0 Å². The first kappa shape index (κ1) is 121. The third-order valence-electron chi connectivity index (χ3n) is 16.5. The maximum Gasteiger partial charge on any atom is 2.00 e. The first-order chi connectivity index (χ1) is 65.9. The molecule has 16 nitrogen and oxygen atoms in total. The second kappa shape index (κ2) is 70.0. The topological polar surface area (TPSA) is 212 Å². The molecule has 700 valence electrons. The van der Waals surface area contributed by atoms with Gasteiger partial charge in [-0.1, -0.05) is 430 Å². The van der Waals surface area contributed by atoms with Crippen LogP contribution in [-0.4, -0.2) is 50.7 Å². The fourth-order valence-corrected chi connectivity index (χ4v) is 11.7. The van der Waals surface area contributed by atoms with Crippen molar-refractivity contribution in [3.63, 3.8) is 0 Å². The van der Waals surface area contributed by atoms with Gasteiger partial charge in [0.1, 0.15) is 0 Å². The van der Waals surface area contributed by atoms with E-state index in [0.29, 0.717) is 80.4 Å². The van der Waals surface area contributed by atoms with Gasteiger partial charge in [0, 0.05) is 80.4 Å². The van der Waals surface area contributed by atoms with Gasteiger partial charge in [-0.2, -0.15) is 0 Å². The maximum atomic E-state index is 5.77. The number of nitrogens with zero attached hydrogens (tertiary/aromatic N) is 16. The van der Waals surface area contributed by atoms with Crippen molar-refractivity contribution in [2.24, 2.45) is 39.9 Å². The van der Waals surface area contributed by atoms with E-state index in [2.05, 4.69) is 82.5 Å². The van der Waals surface area contributed by atoms with Gasteiger partial charge in [0.05, 0.1) is 0 Å². The Balaban J connectivity index is 0.000000281. The Morgan fingerprint density at radius 3 is 0.243 bits per heavy atom. The van der Waals surface area contributed by atoms with E-state index >= 15 is 0 Å². The minimum Gasteiger partial charge on any atom is -0.443 e. The van der Waals surface area contributed by atoms with Gasteiger partial charge in [-0.15, -0.1) is 0 Å². The van der Waals surface area contributed by atoms with E-state index in [1.165, 1.54) is 50.7 Å². The van der Waals surface area contributed by atoms with Gasteiger partial charge in [-0.25, -0.2) is 0 Å². The molecule has 0 aliphatic carbocycles. The van der Waals surface area contributed by atoms with Crippen molar-refractivity contribution in [3.05, 3.63) is 511 Å². The Labute approximate surface area is 942 Å². The number of hydrogen-bond acceptors (Lipinski definition) is 8. The Morgan fingerprint density at radius 1 is 0.107 bits per heavy atom. The van der Waals surface area contributed by atoms with Crippen molar-refractivity contribution in [2.45, 2.75) is 0 Å². The van der Waals surface area contributed by atoms with Crippen LogP contribution >= 0.6 is 186 Å². The number of aliphatic imine (C=N–C) groups is 8. The molecule has 0 aliphatic heterocycles. The second-order valence-electron chi connectivity index (χ2n) is 26.6. The Bertz CT molecular complexity index is 5250. The molecule has 16 rings (SSSR count). The minimum absolute atomic E-state index is 0. The van der Waals surface area contributed by atoms with Crippen molar-refractivity contribution in [1.29, 1.82) is 0 Å². The standard InChI is InChI=1S/8C13H9Cl2N2.4V/c8*14-10-1-5-12(6-2-10)16-9-17-13-7-3-11(15)4-8-13;;;;/h8*1-9H;;;;/q8*-1;4*+2. The van der Waals surface area contributed by atoms with Crippen LogP contribution < -0.4 is 0 Å². The molecule has 0 spiro atoms. The normalized spacial score (nSPS) is 10.4. The van der Waals surface area contributed by atoms with Crippen molar-refractivity contribution in [2.75, 3.05) is 0 Å². The van der Waals surface area contributed by atoms with E-state index in [1.807, 2.05) is 194 Å². The van der Waals surface area contributed by atoms with Gasteiger partial charge in [-0.05, 0) is 285 Å². The van der Waals surface area contributed by atoms with Gasteiger partial charge in [0.2, 0.25) is 0 Å². The molecule has 0 fully saturated rings. The Kier molecular flexibility index (Phi) is 60.4. The summed E-state index contributed by atoms with van der Waals surface area (Å²) in [6.07, 6.45) is 12.1. The van der Waals surface area contributed by atoms with Crippen molar-refractivity contribution < 1.29 is 74.2 Å². The largest absolute Gasteiger partial charge is 2.00 e. The molecular weight excluding hydrogens is 2240 g/mol. The molecule has 0 saturated carbocycles. The van der Waals surface area contributed by atoms with E-state index in [0.717, 1.165) is 91.0 Å². The van der Waals surface area contributed by atoms with E-state index in [4.69, 9.17) is 186 Å². The first-order valence-electron chi connectivity index (χ1n) is 39.9. The van der Waals surface area contributed by atoms with E-state index in [9.17, 15) is 0 Å². The number of benzene rings is 16. The molecule has 0 atom stereocenters. The molecule has 36 heteroatoms. The summed E-state index contributed by atoms with van der Waals surface area (Å²) in [5, 5.41) is 44.5. The smallest absolute Gasteiger partial charge is 0.443 e. The molecule has 16 aromatic carbocycles. The predicted molar refractivity (Wildman–Crippen MR) is 593 cm³/mol. The average Bonchev–Trinajstić information content (AvgIpc) is 0.921. The molecular formula is C104H72Cl16N16V4. The summed E-state index contributed by atoms with van der Waals surface area (Å²) in [7, 11) is 0. The van der Waals surface area contributed by atoms with E-state index in [1.54, 1.807) is 194 Å². The monoisotopic (exact) mass is 2310 g/mol. The zero-order valence-corrected chi connectivity index (χ0v) is 90.2. The zero-order valence-electron chi connectivity index (χ0n) is 72.6. The van der Waals surface area contributed by atoms with Crippen LogP contribution in [0, 0.1) is 0 Å². The van der Waals surface area contributed by atoms with Crippen LogP contribution in [-0.2, 0) is 74.2 Å². The van der Waals surface area contributed by atoms with Gasteiger partial charge in [0.15, 0.2) is 0 Å². The molecule has 0 bridgehead atoms. The summed E-state index contributed by atoms with van der Waals surface area (Å²) in [4.78, 5) is 33.5. The summed E-state index contributed by atoms with van der Waals surface area (Å²) in [5.41, 5.74) is 13.0. The molecule has 16 aromatic rings. The van der Waals surface area contributed by atoms with Crippen LogP contribution in [0.2, 0.25) is 80.4 Å². The molecule has 0 aliphatic rings. The Morgan fingerprint density at radius 2 is 0.171 bits per heavy atom. The summed E-state index contributed by atoms with van der Waals surface area (Å²) in [6.45, 7) is 0. The Hall–Kier alpha value is -9.74. The summed E-state index contributed by atoms with van der Waals surface area (Å²) in [5.74, 6) is 0. The number of rotatable bonds is 24. The summed E-state index contributed by atoms with van der Waals surface area (Å²) in [6, 6.07) is 116. The molecule has 0 amide bonds. The van der Waals surface area contributed by atoms with Crippen molar-refractivity contribution in [1.82, 2.24) is 0 Å². The first-order valence-corrected chi connectivity index (χ1v) is 45.9. The summed E-state index contributed by atoms with van der Waals surface area (Å²) < 4.78 is 0. The van der Waals surface area contributed by atoms with Gasteiger partial charge < -0.3 is 82.5 Å². The zero-order chi connectivity index (χ0) is 96.7. The van der Waals surface area contributed by atoms with Crippen LogP contribution in [0.25, 0.3) is 42.5 Å². The molecule has 0 N–H and O–H groups in total. The molecule has 4 radical (unpaired) electrons.